The van der Waals surface area contributed by atoms with E-state index in [-0.39, 0.29) is 18.2 Å². The van der Waals surface area contributed by atoms with Gasteiger partial charge in [-0.25, -0.2) is 8.78 Å². The zero-order chi connectivity index (χ0) is 11.4. The molecule has 2 nitrogen and oxygen atoms in total. The largest absolute Gasteiger partial charge is 0.307 e. The highest BCUT2D eigenvalue weighted by atomic mass is 19.2. The molecule has 0 aromatic heterocycles. The van der Waals surface area contributed by atoms with Gasteiger partial charge in [-0.05, 0) is 12.1 Å². The van der Waals surface area contributed by atoms with Crippen molar-refractivity contribution in [2.24, 2.45) is 0 Å². The topological polar surface area (TPSA) is 29.1 Å². The van der Waals surface area contributed by atoms with Gasteiger partial charge in [0.2, 0.25) is 0 Å². The van der Waals surface area contributed by atoms with Crippen LogP contribution in [0.1, 0.15) is 24.2 Å². The quantitative estimate of drug-likeness (QED) is 0.776. The first-order valence-electron chi connectivity index (χ1n) is 4.73. The molecule has 1 aromatic carbocycles. The summed E-state index contributed by atoms with van der Waals surface area (Å²) in [6, 6.07) is 3.72. The summed E-state index contributed by atoms with van der Waals surface area (Å²) in [6.45, 7) is 3.75. The number of ketones is 1. The Hall–Kier alpha value is -1.29. The fraction of sp³-hybridized carbons (Fsp3) is 0.364. The van der Waals surface area contributed by atoms with E-state index in [2.05, 4.69) is 5.32 Å². The van der Waals surface area contributed by atoms with Crippen LogP contribution >= 0.6 is 0 Å². The average Bonchev–Trinajstić information content (AvgIpc) is 2.18. The van der Waals surface area contributed by atoms with E-state index >= 15 is 0 Å². The highest BCUT2D eigenvalue weighted by Crippen LogP contribution is 2.11. The normalized spacial score (nSPS) is 10.7. The second-order valence-corrected chi connectivity index (χ2v) is 3.56. The molecule has 0 bridgehead atoms. The molecule has 0 fully saturated rings. The second kappa shape index (κ2) is 4.98. The average molecular weight is 213 g/mol. The molecule has 0 saturated carbocycles. The van der Waals surface area contributed by atoms with Gasteiger partial charge >= 0.3 is 0 Å². The Morgan fingerprint density at radius 3 is 2.67 bits per heavy atom. The zero-order valence-corrected chi connectivity index (χ0v) is 8.68. The number of Topliss-reactive ketones (excluding diaryl/α,β-unsaturated/α-hetero) is 1. The van der Waals surface area contributed by atoms with Gasteiger partial charge in [-0.2, -0.15) is 0 Å². The number of carbonyl (C=O) groups excluding carboxylic acids is 1. The van der Waals surface area contributed by atoms with Crippen molar-refractivity contribution < 1.29 is 13.6 Å². The summed E-state index contributed by atoms with van der Waals surface area (Å²) in [5.41, 5.74) is -0.205. The van der Waals surface area contributed by atoms with Gasteiger partial charge in [-0.15, -0.1) is 0 Å². The molecule has 0 spiro atoms. The monoisotopic (exact) mass is 213 g/mol. The van der Waals surface area contributed by atoms with E-state index in [1.165, 1.54) is 12.1 Å². The van der Waals surface area contributed by atoms with Crippen LogP contribution in [0.3, 0.4) is 0 Å². The van der Waals surface area contributed by atoms with Crippen LogP contribution in [0.4, 0.5) is 8.78 Å². The molecule has 0 amide bonds. The number of hydrogen-bond donors (Lipinski definition) is 1. The van der Waals surface area contributed by atoms with Gasteiger partial charge in [-0.1, -0.05) is 19.9 Å². The highest BCUT2D eigenvalue weighted by Gasteiger charge is 2.14. The summed E-state index contributed by atoms with van der Waals surface area (Å²) in [6.07, 6.45) is 0. The van der Waals surface area contributed by atoms with E-state index < -0.39 is 17.4 Å². The zero-order valence-electron chi connectivity index (χ0n) is 8.68. The predicted octanol–water partition coefficient (Wildman–Crippen LogP) is 2.15. The number of halogens is 2. The molecule has 0 unspecified atom stereocenters. The second-order valence-electron chi connectivity index (χ2n) is 3.56. The molecule has 4 heteroatoms. The SMILES string of the molecule is CC(C)NCC(=O)c1cccc(F)c1F. The molecule has 82 valence electrons. The Kier molecular flexibility index (Phi) is 3.91. The van der Waals surface area contributed by atoms with E-state index in [9.17, 15) is 13.6 Å². The molecule has 0 aliphatic heterocycles. The summed E-state index contributed by atoms with van der Waals surface area (Å²) in [5.74, 6) is -2.51. The lowest BCUT2D eigenvalue weighted by atomic mass is 10.1. The maximum Gasteiger partial charge on any atom is 0.179 e. The molecule has 0 heterocycles. The number of carbonyl (C=O) groups is 1. The summed E-state index contributed by atoms with van der Waals surface area (Å²) >= 11 is 0. The summed E-state index contributed by atoms with van der Waals surface area (Å²) in [7, 11) is 0. The first-order valence-corrected chi connectivity index (χ1v) is 4.73. The minimum absolute atomic E-state index is 0.0119. The van der Waals surface area contributed by atoms with Crippen molar-refractivity contribution in [3.05, 3.63) is 35.4 Å². The van der Waals surface area contributed by atoms with Gasteiger partial charge in [-0.3, -0.25) is 4.79 Å². The molecule has 1 rings (SSSR count). The van der Waals surface area contributed by atoms with Crippen molar-refractivity contribution in [3.63, 3.8) is 0 Å². The van der Waals surface area contributed by atoms with E-state index in [1.54, 1.807) is 0 Å². The lowest BCUT2D eigenvalue weighted by Crippen LogP contribution is -2.29. The van der Waals surface area contributed by atoms with Crippen LogP contribution in [0.25, 0.3) is 0 Å². The van der Waals surface area contributed by atoms with Crippen LogP contribution < -0.4 is 5.32 Å². The number of nitrogens with one attached hydrogen (secondary N) is 1. The van der Waals surface area contributed by atoms with E-state index in [4.69, 9.17) is 0 Å². The van der Waals surface area contributed by atoms with Crippen molar-refractivity contribution in [2.75, 3.05) is 6.54 Å². The molecule has 15 heavy (non-hydrogen) atoms. The van der Waals surface area contributed by atoms with Crippen molar-refractivity contribution in [3.8, 4) is 0 Å². The summed E-state index contributed by atoms with van der Waals surface area (Å²) in [5, 5.41) is 2.85. The standard InChI is InChI=1S/C11H13F2NO/c1-7(2)14-6-10(15)8-4-3-5-9(12)11(8)13/h3-5,7,14H,6H2,1-2H3. The number of benzene rings is 1. The molecule has 0 aliphatic carbocycles. The first-order chi connectivity index (χ1) is 7.02. The summed E-state index contributed by atoms with van der Waals surface area (Å²) < 4.78 is 25.9. The van der Waals surface area contributed by atoms with Crippen molar-refractivity contribution in [2.45, 2.75) is 19.9 Å². The van der Waals surface area contributed by atoms with Crippen LogP contribution in [-0.4, -0.2) is 18.4 Å². The lowest BCUT2D eigenvalue weighted by Gasteiger charge is -2.07. The van der Waals surface area contributed by atoms with Crippen LogP contribution in [0.15, 0.2) is 18.2 Å². The minimum atomic E-state index is -1.08. The Bertz CT molecular complexity index is 364. The van der Waals surface area contributed by atoms with E-state index in [1.807, 2.05) is 13.8 Å². The van der Waals surface area contributed by atoms with Crippen LogP contribution in [0.5, 0.6) is 0 Å². The summed E-state index contributed by atoms with van der Waals surface area (Å²) in [4.78, 5) is 11.5. The molecule has 0 aliphatic rings. The van der Waals surface area contributed by atoms with Gasteiger partial charge in [0.15, 0.2) is 17.4 Å². The number of rotatable bonds is 4. The van der Waals surface area contributed by atoms with Crippen molar-refractivity contribution in [1.82, 2.24) is 5.32 Å². The fourth-order valence-corrected chi connectivity index (χ4v) is 1.11. The predicted molar refractivity (Wildman–Crippen MR) is 53.8 cm³/mol. The number of hydrogen-bond acceptors (Lipinski definition) is 2. The molecular formula is C11H13F2NO. The molecular weight excluding hydrogens is 200 g/mol. The Balaban J connectivity index is 2.78. The first kappa shape index (κ1) is 11.8. The van der Waals surface area contributed by atoms with Crippen LogP contribution in [0, 0.1) is 11.6 Å². The fourth-order valence-electron chi connectivity index (χ4n) is 1.11. The Labute approximate surface area is 87.3 Å². The smallest absolute Gasteiger partial charge is 0.179 e. The van der Waals surface area contributed by atoms with Crippen molar-refractivity contribution in [1.29, 1.82) is 0 Å². The highest BCUT2D eigenvalue weighted by molar-refractivity contribution is 5.97. The third-order valence-corrected chi connectivity index (χ3v) is 1.92. The van der Waals surface area contributed by atoms with Gasteiger partial charge in [0.25, 0.3) is 0 Å². The Morgan fingerprint density at radius 2 is 2.07 bits per heavy atom. The van der Waals surface area contributed by atoms with Crippen molar-refractivity contribution >= 4 is 5.78 Å². The molecule has 0 radical (unpaired) electrons. The van der Waals surface area contributed by atoms with Gasteiger partial charge < -0.3 is 5.32 Å². The van der Waals surface area contributed by atoms with Gasteiger partial charge in [0, 0.05) is 6.04 Å². The maximum absolute atomic E-state index is 13.2. The maximum atomic E-state index is 13.2. The van der Waals surface area contributed by atoms with Crippen LogP contribution in [-0.2, 0) is 0 Å². The third-order valence-electron chi connectivity index (χ3n) is 1.92. The lowest BCUT2D eigenvalue weighted by molar-refractivity contribution is 0.0983. The van der Waals surface area contributed by atoms with Gasteiger partial charge in [0.05, 0.1) is 12.1 Å². The Morgan fingerprint density at radius 1 is 1.40 bits per heavy atom. The molecule has 1 aromatic rings. The van der Waals surface area contributed by atoms with E-state index in [0.29, 0.717) is 0 Å². The minimum Gasteiger partial charge on any atom is -0.307 e. The van der Waals surface area contributed by atoms with E-state index in [0.717, 1.165) is 6.07 Å². The molecule has 0 saturated heterocycles. The van der Waals surface area contributed by atoms with Gasteiger partial charge in [0.1, 0.15) is 0 Å². The third kappa shape index (κ3) is 3.09. The molecule has 1 N–H and O–H groups in total. The van der Waals surface area contributed by atoms with Crippen LogP contribution in [0.2, 0.25) is 0 Å². The molecule has 0 atom stereocenters.